The van der Waals surface area contributed by atoms with E-state index >= 15 is 0 Å². The first-order valence-corrected chi connectivity index (χ1v) is 22.6. The van der Waals surface area contributed by atoms with Crippen molar-refractivity contribution in [3.05, 3.63) is 0 Å². The fourth-order valence-electron chi connectivity index (χ4n) is 6.78. The maximum Gasteiger partial charge on any atom is 0.307 e. The average Bonchev–Trinajstić information content (AvgIpc) is 3.09. The zero-order valence-electron chi connectivity index (χ0n) is 36.6. The van der Waals surface area contributed by atoms with E-state index in [0.29, 0.717) is 74.5 Å². The number of hydrogen-bond acceptors (Lipinski definition) is 7. The van der Waals surface area contributed by atoms with Gasteiger partial charge in [-0.3, -0.25) is 14.4 Å². The lowest BCUT2D eigenvalue weighted by Gasteiger charge is -2.21. The molecule has 0 spiro atoms. The molecule has 0 bridgehead atoms. The summed E-state index contributed by atoms with van der Waals surface area (Å²) in [6.45, 7) is 22.6. The molecule has 2 unspecified atom stereocenters. The zero-order chi connectivity index (χ0) is 39.7. The standard InChI is InChI=1S/C46H89NO6/c1-10-47-34-33-46(50)53-43(25-21-17-13-11-15-19-23-27-44(48)51-35-41(39(6)7)31-29-37(2)3)26-22-18-14-12-16-20-24-28-45(49)52-36-42(40(8)9)32-30-38(4)5/h37-43,47H,10-36H2,1-9H3. The SMILES string of the molecule is CCNCCC(=O)OC(CCCCCCCCCC(=O)OCC(CCC(C)C)C(C)C)CCCCCCCCCC(=O)OCC(CCC(C)C)C(C)C. The van der Waals surface area contributed by atoms with Crippen molar-refractivity contribution < 1.29 is 28.6 Å². The minimum absolute atomic E-state index is 0.0162. The summed E-state index contributed by atoms with van der Waals surface area (Å²) in [4.78, 5) is 37.0. The predicted molar refractivity (Wildman–Crippen MR) is 223 cm³/mol. The quantitative estimate of drug-likeness (QED) is 0.0384. The van der Waals surface area contributed by atoms with Gasteiger partial charge in [0.05, 0.1) is 19.6 Å². The Morgan fingerprint density at radius 2 is 0.830 bits per heavy atom. The van der Waals surface area contributed by atoms with Crippen molar-refractivity contribution in [1.29, 1.82) is 0 Å². The van der Waals surface area contributed by atoms with Crippen molar-refractivity contribution in [1.82, 2.24) is 5.32 Å². The van der Waals surface area contributed by atoms with Crippen LogP contribution >= 0.6 is 0 Å². The summed E-state index contributed by atoms with van der Waals surface area (Å²) in [6, 6.07) is 0. The molecule has 0 fully saturated rings. The number of hydrogen-bond donors (Lipinski definition) is 1. The third kappa shape index (κ3) is 33.4. The smallest absolute Gasteiger partial charge is 0.307 e. The topological polar surface area (TPSA) is 90.9 Å². The molecule has 0 aromatic carbocycles. The van der Waals surface area contributed by atoms with E-state index in [4.69, 9.17) is 14.2 Å². The lowest BCUT2D eigenvalue weighted by molar-refractivity contribution is -0.150. The second-order valence-corrected chi connectivity index (χ2v) is 17.6. The van der Waals surface area contributed by atoms with Crippen molar-refractivity contribution in [2.24, 2.45) is 35.5 Å². The van der Waals surface area contributed by atoms with E-state index in [2.05, 4.69) is 60.7 Å². The Bertz CT molecular complexity index is 814. The summed E-state index contributed by atoms with van der Waals surface area (Å²) >= 11 is 0. The number of unbranched alkanes of at least 4 members (excludes halogenated alkanes) is 12. The van der Waals surface area contributed by atoms with Crippen molar-refractivity contribution in [2.45, 2.75) is 216 Å². The van der Waals surface area contributed by atoms with Crippen molar-refractivity contribution in [3.8, 4) is 0 Å². The number of carbonyl (C=O) groups is 3. The third-order valence-corrected chi connectivity index (χ3v) is 10.9. The van der Waals surface area contributed by atoms with E-state index < -0.39 is 0 Å². The number of esters is 3. The number of carbonyl (C=O) groups excluding carboxylic acids is 3. The molecule has 0 amide bonds. The highest BCUT2D eigenvalue weighted by Crippen LogP contribution is 2.23. The summed E-state index contributed by atoms with van der Waals surface area (Å²) in [5.74, 6) is 3.20. The van der Waals surface area contributed by atoms with Crippen LogP contribution in [0.4, 0.5) is 0 Å². The molecule has 0 aromatic rings. The van der Waals surface area contributed by atoms with Gasteiger partial charge in [0, 0.05) is 19.4 Å². The zero-order valence-corrected chi connectivity index (χ0v) is 36.6. The molecule has 53 heavy (non-hydrogen) atoms. The molecule has 0 aliphatic heterocycles. The van der Waals surface area contributed by atoms with Crippen LogP contribution in [0.5, 0.6) is 0 Å². The average molecular weight is 752 g/mol. The van der Waals surface area contributed by atoms with Crippen LogP contribution in [-0.4, -0.2) is 50.3 Å². The van der Waals surface area contributed by atoms with Gasteiger partial charge in [0.2, 0.25) is 0 Å². The molecular formula is C46H89NO6. The van der Waals surface area contributed by atoms with Gasteiger partial charge >= 0.3 is 17.9 Å². The molecular weight excluding hydrogens is 663 g/mol. The summed E-state index contributed by atoms with van der Waals surface area (Å²) in [7, 11) is 0. The molecule has 0 aliphatic carbocycles. The molecule has 314 valence electrons. The van der Waals surface area contributed by atoms with Gasteiger partial charge in [-0.25, -0.2) is 0 Å². The van der Waals surface area contributed by atoms with E-state index in [0.717, 1.165) is 96.4 Å². The van der Waals surface area contributed by atoms with Crippen molar-refractivity contribution >= 4 is 17.9 Å². The summed E-state index contributed by atoms with van der Waals surface area (Å²) in [5.41, 5.74) is 0. The highest BCUT2D eigenvalue weighted by atomic mass is 16.5. The Labute approximate surface area is 329 Å². The molecule has 1 N–H and O–H groups in total. The van der Waals surface area contributed by atoms with Gasteiger partial charge in [-0.05, 0) is 93.4 Å². The van der Waals surface area contributed by atoms with Gasteiger partial charge in [0.15, 0.2) is 0 Å². The largest absolute Gasteiger partial charge is 0.465 e. The molecule has 2 atom stereocenters. The van der Waals surface area contributed by atoms with Gasteiger partial charge in [-0.2, -0.15) is 0 Å². The second-order valence-electron chi connectivity index (χ2n) is 17.6. The van der Waals surface area contributed by atoms with Gasteiger partial charge in [-0.15, -0.1) is 0 Å². The molecule has 7 nitrogen and oxygen atoms in total. The van der Waals surface area contributed by atoms with E-state index in [9.17, 15) is 14.4 Å². The molecule has 7 heteroatoms. The van der Waals surface area contributed by atoms with Crippen LogP contribution in [0.3, 0.4) is 0 Å². The van der Waals surface area contributed by atoms with Gasteiger partial charge in [0.25, 0.3) is 0 Å². The highest BCUT2D eigenvalue weighted by Gasteiger charge is 2.18. The number of nitrogens with one attached hydrogen (secondary N) is 1. The second kappa shape index (κ2) is 34.8. The molecule has 0 saturated carbocycles. The lowest BCUT2D eigenvalue weighted by atomic mass is 9.89. The highest BCUT2D eigenvalue weighted by molar-refractivity contribution is 5.70. The molecule has 0 radical (unpaired) electrons. The first-order valence-electron chi connectivity index (χ1n) is 22.6. The summed E-state index contributed by atoms with van der Waals surface area (Å²) in [6.07, 6.45) is 23.5. The van der Waals surface area contributed by atoms with Crippen LogP contribution in [0.1, 0.15) is 210 Å². The predicted octanol–water partition coefficient (Wildman–Crippen LogP) is 12.4. The summed E-state index contributed by atoms with van der Waals surface area (Å²) in [5, 5.41) is 3.22. The molecule has 0 rings (SSSR count). The van der Waals surface area contributed by atoms with Gasteiger partial charge < -0.3 is 19.5 Å². The monoisotopic (exact) mass is 752 g/mol. The molecule has 0 saturated heterocycles. The van der Waals surface area contributed by atoms with E-state index in [1.54, 1.807) is 0 Å². The Balaban J connectivity index is 4.17. The number of ether oxygens (including phenoxy) is 3. The Morgan fingerprint density at radius 1 is 0.453 bits per heavy atom. The summed E-state index contributed by atoms with van der Waals surface area (Å²) < 4.78 is 17.2. The van der Waals surface area contributed by atoms with Crippen LogP contribution in [0.15, 0.2) is 0 Å². The number of rotatable bonds is 37. The van der Waals surface area contributed by atoms with Crippen molar-refractivity contribution in [3.63, 3.8) is 0 Å². The first-order chi connectivity index (χ1) is 25.3. The van der Waals surface area contributed by atoms with Crippen LogP contribution in [0.25, 0.3) is 0 Å². The van der Waals surface area contributed by atoms with Crippen LogP contribution < -0.4 is 5.32 Å². The molecule has 0 aromatic heterocycles. The van der Waals surface area contributed by atoms with Crippen LogP contribution in [0, 0.1) is 35.5 Å². The van der Waals surface area contributed by atoms with Crippen LogP contribution in [-0.2, 0) is 28.6 Å². The fraction of sp³-hybridized carbons (Fsp3) is 0.935. The van der Waals surface area contributed by atoms with Crippen LogP contribution in [0.2, 0.25) is 0 Å². The molecule has 0 heterocycles. The Hall–Kier alpha value is -1.63. The Kier molecular flexibility index (Phi) is 33.8. The van der Waals surface area contributed by atoms with E-state index in [1.807, 2.05) is 6.92 Å². The minimum Gasteiger partial charge on any atom is -0.465 e. The van der Waals surface area contributed by atoms with E-state index in [1.165, 1.54) is 38.5 Å². The van der Waals surface area contributed by atoms with Crippen molar-refractivity contribution in [2.75, 3.05) is 26.3 Å². The minimum atomic E-state index is -0.0847. The maximum absolute atomic E-state index is 12.5. The van der Waals surface area contributed by atoms with Gasteiger partial charge in [-0.1, -0.05) is 139 Å². The normalized spacial score (nSPS) is 13.5. The maximum atomic E-state index is 12.5. The van der Waals surface area contributed by atoms with Gasteiger partial charge in [0.1, 0.15) is 6.10 Å². The third-order valence-electron chi connectivity index (χ3n) is 10.9. The van der Waals surface area contributed by atoms with E-state index in [-0.39, 0.29) is 24.0 Å². The lowest BCUT2D eigenvalue weighted by Crippen LogP contribution is -2.23. The fourth-order valence-corrected chi connectivity index (χ4v) is 6.78. The Morgan fingerprint density at radius 3 is 1.19 bits per heavy atom. The molecule has 0 aliphatic rings. The first kappa shape index (κ1) is 51.4.